The van der Waals surface area contributed by atoms with Crippen molar-refractivity contribution in [3.8, 4) is 0 Å². The molecule has 3 rings (SSSR count). The minimum Gasteiger partial charge on any atom is -0.469 e. The third-order valence-corrected chi connectivity index (χ3v) is 5.59. The highest BCUT2D eigenvalue weighted by molar-refractivity contribution is 14.0. The zero-order chi connectivity index (χ0) is 18.1. The van der Waals surface area contributed by atoms with E-state index in [1.807, 2.05) is 12.1 Å². The molecule has 2 heterocycles. The summed E-state index contributed by atoms with van der Waals surface area (Å²) < 4.78 is 16.4. The van der Waals surface area contributed by atoms with E-state index in [-0.39, 0.29) is 24.0 Å². The second kappa shape index (κ2) is 11.9. The number of rotatable bonds is 10. The predicted molar refractivity (Wildman–Crippen MR) is 118 cm³/mol. The normalized spacial score (nSPS) is 21.4. The average molecular weight is 491 g/mol. The lowest BCUT2D eigenvalue weighted by Crippen LogP contribution is -2.43. The van der Waals surface area contributed by atoms with Crippen LogP contribution < -0.4 is 10.6 Å². The first kappa shape index (κ1) is 22.5. The van der Waals surface area contributed by atoms with Crippen LogP contribution in [0, 0.1) is 5.41 Å². The molecule has 1 aromatic rings. The fraction of sp³-hybridized carbons (Fsp3) is 0.750. The van der Waals surface area contributed by atoms with E-state index in [0.717, 1.165) is 70.3 Å². The number of methoxy groups -OCH3 is 1. The fourth-order valence-corrected chi connectivity index (χ4v) is 3.68. The van der Waals surface area contributed by atoms with Crippen LogP contribution in [0.4, 0.5) is 0 Å². The van der Waals surface area contributed by atoms with Gasteiger partial charge < -0.3 is 24.5 Å². The Bertz CT molecular complexity index is 541. The number of furan rings is 1. The number of halogens is 1. The summed E-state index contributed by atoms with van der Waals surface area (Å²) >= 11 is 0. The molecule has 1 aliphatic heterocycles. The van der Waals surface area contributed by atoms with Gasteiger partial charge in [0, 0.05) is 46.4 Å². The number of aliphatic imine (C=N–C) groups is 1. The molecule has 6 nitrogen and oxygen atoms in total. The van der Waals surface area contributed by atoms with Gasteiger partial charge in [-0.1, -0.05) is 6.42 Å². The summed E-state index contributed by atoms with van der Waals surface area (Å²) in [6, 6.07) is 3.93. The third kappa shape index (κ3) is 7.27. The Morgan fingerprint density at radius 3 is 2.85 bits per heavy atom. The van der Waals surface area contributed by atoms with Crippen LogP contribution in [0.5, 0.6) is 0 Å². The number of ether oxygens (including phenoxy) is 2. The van der Waals surface area contributed by atoms with Gasteiger partial charge in [-0.3, -0.25) is 4.99 Å². The molecule has 1 unspecified atom stereocenters. The maximum Gasteiger partial charge on any atom is 0.191 e. The zero-order valence-electron chi connectivity index (χ0n) is 16.4. The second-order valence-electron chi connectivity index (χ2n) is 7.53. The lowest BCUT2D eigenvalue weighted by atomic mass is 9.67. The Kier molecular flexibility index (Phi) is 9.92. The van der Waals surface area contributed by atoms with Crippen molar-refractivity contribution in [3.63, 3.8) is 0 Å². The van der Waals surface area contributed by atoms with Gasteiger partial charge in [-0.15, -0.1) is 24.0 Å². The van der Waals surface area contributed by atoms with E-state index in [0.29, 0.717) is 11.5 Å². The Morgan fingerprint density at radius 2 is 2.22 bits per heavy atom. The van der Waals surface area contributed by atoms with Crippen molar-refractivity contribution in [3.05, 3.63) is 24.2 Å². The topological polar surface area (TPSA) is 68.0 Å². The van der Waals surface area contributed by atoms with Crippen molar-refractivity contribution in [2.45, 2.75) is 51.0 Å². The largest absolute Gasteiger partial charge is 0.469 e. The molecule has 0 radical (unpaired) electrons. The highest BCUT2D eigenvalue weighted by Crippen LogP contribution is 2.44. The molecule has 1 atom stereocenters. The summed E-state index contributed by atoms with van der Waals surface area (Å²) in [4.78, 5) is 4.90. The molecule has 1 saturated carbocycles. The monoisotopic (exact) mass is 491 g/mol. The van der Waals surface area contributed by atoms with Crippen molar-refractivity contribution in [1.82, 2.24) is 10.6 Å². The van der Waals surface area contributed by atoms with E-state index < -0.39 is 0 Å². The molecule has 1 aromatic heterocycles. The van der Waals surface area contributed by atoms with Gasteiger partial charge in [-0.25, -0.2) is 0 Å². The number of hydrogen-bond acceptors (Lipinski definition) is 4. The van der Waals surface area contributed by atoms with Crippen LogP contribution in [0.15, 0.2) is 27.8 Å². The van der Waals surface area contributed by atoms with Crippen LogP contribution in [-0.4, -0.2) is 52.0 Å². The van der Waals surface area contributed by atoms with Crippen molar-refractivity contribution in [2.24, 2.45) is 10.4 Å². The van der Waals surface area contributed by atoms with Crippen molar-refractivity contribution >= 4 is 29.9 Å². The lowest BCUT2D eigenvalue weighted by molar-refractivity contribution is 0.0778. The molecule has 7 heteroatoms. The number of hydrogen-bond donors (Lipinski definition) is 2. The Labute approximate surface area is 179 Å². The SMILES string of the molecule is COCCC1(CN=C(NCCc2ccco2)NCC2CCCO2)CCC1.I. The van der Waals surface area contributed by atoms with E-state index >= 15 is 0 Å². The third-order valence-electron chi connectivity index (χ3n) is 5.59. The average Bonchev–Trinajstić information content (AvgIpc) is 3.31. The van der Waals surface area contributed by atoms with Crippen molar-refractivity contribution in [1.29, 1.82) is 0 Å². The quantitative estimate of drug-likeness (QED) is 0.299. The van der Waals surface area contributed by atoms with E-state index in [9.17, 15) is 0 Å². The molecule has 2 N–H and O–H groups in total. The smallest absolute Gasteiger partial charge is 0.191 e. The van der Waals surface area contributed by atoms with Crippen LogP contribution in [-0.2, 0) is 15.9 Å². The van der Waals surface area contributed by atoms with Gasteiger partial charge in [0.05, 0.1) is 12.4 Å². The zero-order valence-corrected chi connectivity index (χ0v) is 18.7. The van der Waals surface area contributed by atoms with Gasteiger partial charge in [0.2, 0.25) is 0 Å². The first-order valence-electron chi connectivity index (χ1n) is 9.95. The van der Waals surface area contributed by atoms with Crippen LogP contribution in [0.25, 0.3) is 0 Å². The molecule has 0 bridgehead atoms. The molecule has 1 aliphatic carbocycles. The molecule has 2 aliphatic rings. The van der Waals surface area contributed by atoms with E-state index in [2.05, 4.69) is 10.6 Å². The van der Waals surface area contributed by atoms with Gasteiger partial charge in [-0.05, 0) is 49.7 Å². The molecule has 0 spiro atoms. The lowest BCUT2D eigenvalue weighted by Gasteiger charge is -2.40. The molecular formula is C20H34IN3O3. The summed E-state index contributed by atoms with van der Waals surface area (Å²) in [5.41, 5.74) is 0.329. The maximum atomic E-state index is 5.72. The molecule has 2 fully saturated rings. The minimum absolute atomic E-state index is 0. The van der Waals surface area contributed by atoms with Gasteiger partial charge in [0.1, 0.15) is 5.76 Å². The standard InChI is InChI=1S/C20H33N3O3.HI/c1-24-14-10-20(8-4-9-20)16-23-19(22-15-18-6-3-13-26-18)21-11-7-17-5-2-12-25-17;/h2,5,12,18H,3-4,6-11,13-16H2,1H3,(H2,21,22,23);1H. The number of nitrogens with one attached hydrogen (secondary N) is 2. The first-order valence-corrected chi connectivity index (χ1v) is 9.95. The summed E-state index contributed by atoms with van der Waals surface area (Å²) in [5.74, 6) is 1.88. The van der Waals surface area contributed by atoms with Gasteiger partial charge in [-0.2, -0.15) is 0 Å². The summed E-state index contributed by atoms with van der Waals surface area (Å²) in [6.45, 7) is 4.18. The number of guanidine groups is 1. The van der Waals surface area contributed by atoms with Crippen LogP contribution >= 0.6 is 24.0 Å². The Balaban J connectivity index is 0.00000261. The Morgan fingerprint density at radius 1 is 1.33 bits per heavy atom. The Hall–Kier alpha value is -0.800. The van der Waals surface area contributed by atoms with Crippen LogP contribution in [0.1, 0.15) is 44.3 Å². The molecule has 27 heavy (non-hydrogen) atoms. The summed E-state index contributed by atoms with van der Waals surface area (Å²) in [6.07, 6.45) is 10.1. The van der Waals surface area contributed by atoms with E-state index in [1.54, 1.807) is 13.4 Å². The summed E-state index contributed by atoms with van der Waals surface area (Å²) in [7, 11) is 1.78. The van der Waals surface area contributed by atoms with Crippen LogP contribution in [0.3, 0.4) is 0 Å². The molecule has 154 valence electrons. The van der Waals surface area contributed by atoms with Gasteiger partial charge in [0.25, 0.3) is 0 Å². The molecule has 0 amide bonds. The summed E-state index contributed by atoms with van der Waals surface area (Å²) in [5, 5.41) is 6.92. The van der Waals surface area contributed by atoms with Gasteiger partial charge in [0.15, 0.2) is 5.96 Å². The molecular weight excluding hydrogens is 457 g/mol. The highest BCUT2D eigenvalue weighted by Gasteiger charge is 2.36. The predicted octanol–water partition coefficient (Wildman–Crippen LogP) is 3.36. The van der Waals surface area contributed by atoms with Crippen molar-refractivity contribution < 1.29 is 13.9 Å². The van der Waals surface area contributed by atoms with E-state index in [4.69, 9.17) is 18.9 Å². The van der Waals surface area contributed by atoms with Gasteiger partial charge >= 0.3 is 0 Å². The second-order valence-corrected chi connectivity index (χ2v) is 7.53. The molecule has 1 saturated heterocycles. The minimum atomic E-state index is 0. The van der Waals surface area contributed by atoms with Crippen molar-refractivity contribution in [2.75, 3.05) is 40.0 Å². The van der Waals surface area contributed by atoms with E-state index in [1.165, 1.54) is 19.3 Å². The van der Waals surface area contributed by atoms with Crippen LogP contribution in [0.2, 0.25) is 0 Å². The fourth-order valence-electron chi connectivity index (χ4n) is 3.68. The first-order chi connectivity index (χ1) is 12.8. The maximum absolute atomic E-state index is 5.72. The number of nitrogens with zero attached hydrogens (tertiary/aromatic N) is 1. The molecule has 0 aromatic carbocycles. The highest BCUT2D eigenvalue weighted by atomic mass is 127.